The Hall–Kier alpha value is -6.64. The van der Waals surface area contributed by atoms with Crippen LogP contribution in [0, 0.1) is 6.92 Å². The highest BCUT2D eigenvalue weighted by atomic mass is 15.0. The third kappa shape index (κ3) is 5.25. The Kier molecular flexibility index (Phi) is 7.42. The highest BCUT2D eigenvalue weighted by Crippen LogP contribution is 2.49. The molecule has 1 aliphatic carbocycles. The molecule has 0 atom stereocenters. The van der Waals surface area contributed by atoms with Gasteiger partial charge in [-0.05, 0) is 112 Å². The van der Waals surface area contributed by atoms with Crippen molar-refractivity contribution in [1.29, 1.82) is 0 Å². The van der Waals surface area contributed by atoms with E-state index < -0.39 is 0 Å². The number of nitrogens with one attached hydrogen (secondary N) is 1. The molecule has 1 N–H and O–H groups in total. The lowest BCUT2D eigenvalue weighted by Gasteiger charge is -2.22. The molecule has 0 amide bonds. The van der Waals surface area contributed by atoms with E-state index >= 15 is 0 Å². The largest absolute Gasteiger partial charge is 0.355 e. The molecule has 0 aliphatic heterocycles. The van der Waals surface area contributed by atoms with Crippen molar-refractivity contribution in [3.8, 4) is 50.2 Å². The summed E-state index contributed by atoms with van der Waals surface area (Å²) in [5.41, 5.74) is 19.7. The monoisotopic (exact) mass is 692 g/mol. The molecule has 1 heterocycles. The second-order valence-corrected chi connectivity index (χ2v) is 15.2. The van der Waals surface area contributed by atoms with Crippen LogP contribution in [0.25, 0.3) is 72.0 Å². The van der Waals surface area contributed by atoms with Crippen LogP contribution in [-0.4, -0.2) is 4.57 Å². The number of nitrogens with zero attached hydrogens (tertiary/aromatic N) is 1. The average molecular weight is 693 g/mol. The van der Waals surface area contributed by atoms with E-state index in [1.165, 1.54) is 88.7 Å². The van der Waals surface area contributed by atoms with Crippen LogP contribution in [0.5, 0.6) is 0 Å². The fourth-order valence-electron chi connectivity index (χ4n) is 8.70. The van der Waals surface area contributed by atoms with Gasteiger partial charge in [-0.2, -0.15) is 0 Å². The van der Waals surface area contributed by atoms with Gasteiger partial charge < -0.3 is 9.88 Å². The molecule has 1 aromatic heterocycles. The number of aromatic nitrogens is 1. The molecule has 0 fully saturated rings. The zero-order valence-electron chi connectivity index (χ0n) is 30.8. The lowest BCUT2D eigenvalue weighted by Crippen LogP contribution is -2.15. The molecular formula is C52H40N2. The van der Waals surface area contributed by atoms with E-state index in [9.17, 15) is 0 Å². The third-order valence-electron chi connectivity index (χ3n) is 11.4. The van der Waals surface area contributed by atoms with E-state index in [1.54, 1.807) is 0 Å². The number of fused-ring (bicyclic) bond motifs is 6. The molecule has 8 aromatic carbocycles. The molecule has 258 valence electrons. The van der Waals surface area contributed by atoms with Gasteiger partial charge in [0.05, 0.1) is 11.0 Å². The molecule has 2 nitrogen and oxygen atoms in total. The van der Waals surface area contributed by atoms with Crippen molar-refractivity contribution in [3.05, 3.63) is 199 Å². The molecule has 2 heteroatoms. The summed E-state index contributed by atoms with van der Waals surface area (Å²) in [4.78, 5) is 0. The second kappa shape index (κ2) is 12.5. The van der Waals surface area contributed by atoms with Gasteiger partial charge >= 0.3 is 0 Å². The molecule has 0 spiro atoms. The quantitative estimate of drug-likeness (QED) is 0.184. The maximum absolute atomic E-state index is 3.71. The second-order valence-electron chi connectivity index (χ2n) is 15.2. The zero-order chi connectivity index (χ0) is 36.4. The smallest absolute Gasteiger partial charge is 0.0541 e. The molecule has 54 heavy (non-hydrogen) atoms. The lowest BCUT2D eigenvalue weighted by atomic mass is 9.82. The standard InChI is InChI=1S/C52H40N2/c1-34-12-10-13-36(30-34)35-22-25-40(26-23-35)53-49-20-8-5-16-42(49)39-15-11-14-37(31-39)38-24-29-51-46(32-38)45-18-6-9-21-50(45)54(51)41-27-28-44-43-17-4-7-19-47(43)52(2,3)48(44)33-41/h4-33,53H,1-3H3. The first-order valence-electron chi connectivity index (χ1n) is 18.8. The normalized spacial score (nSPS) is 12.9. The molecule has 0 bridgehead atoms. The van der Waals surface area contributed by atoms with Crippen LogP contribution in [0.4, 0.5) is 11.4 Å². The van der Waals surface area contributed by atoms with Gasteiger partial charge in [-0.25, -0.2) is 0 Å². The Morgan fingerprint density at radius 2 is 1.07 bits per heavy atom. The maximum Gasteiger partial charge on any atom is 0.0541 e. The van der Waals surface area contributed by atoms with Gasteiger partial charge in [0.15, 0.2) is 0 Å². The Bertz CT molecular complexity index is 2890. The first-order valence-corrected chi connectivity index (χ1v) is 18.8. The fraction of sp³-hybridized carbons (Fsp3) is 0.0769. The van der Waals surface area contributed by atoms with Gasteiger partial charge in [0.1, 0.15) is 0 Å². The minimum atomic E-state index is -0.0563. The number of aryl methyl sites for hydroxylation is 1. The minimum Gasteiger partial charge on any atom is -0.355 e. The van der Waals surface area contributed by atoms with Crippen LogP contribution in [0.1, 0.15) is 30.5 Å². The average Bonchev–Trinajstić information content (AvgIpc) is 3.66. The molecule has 0 saturated carbocycles. The van der Waals surface area contributed by atoms with Crippen LogP contribution in [0.2, 0.25) is 0 Å². The van der Waals surface area contributed by atoms with Crippen LogP contribution in [0.15, 0.2) is 182 Å². The Morgan fingerprint density at radius 3 is 1.93 bits per heavy atom. The predicted octanol–water partition coefficient (Wildman–Crippen LogP) is 14.1. The van der Waals surface area contributed by atoms with Gasteiger partial charge in [-0.15, -0.1) is 0 Å². The van der Waals surface area contributed by atoms with Crippen molar-refractivity contribution in [1.82, 2.24) is 4.57 Å². The summed E-state index contributed by atoms with van der Waals surface area (Å²) in [7, 11) is 0. The summed E-state index contributed by atoms with van der Waals surface area (Å²) >= 11 is 0. The van der Waals surface area contributed by atoms with E-state index in [2.05, 4.69) is 213 Å². The number of para-hydroxylation sites is 2. The fourth-order valence-corrected chi connectivity index (χ4v) is 8.70. The minimum absolute atomic E-state index is 0.0563. The topological polar surface area (TPSA) is 17.0 Å². The summed E-state index contributed by atoms with van der Waals surface area (Å²) in [6.07, 6.45) is 0. The predicted molar refractivity (Wildman–Crippen MR) is 229 cm³/mol. The van der Waals surface area contributed by atoms with Crippen LogP contribution in [0.3, 0.4) is 0 Å². The maximum atomic E-state index is 3.71. The summed E-state index contributed by atoms with van der Waals surface area (Å²) in [6.45, 7) is 6.84. The lowest BCUT2D eigenvalue weighted by molar-refractivity contribution is 0.660. The highest BCUT2D eigenvalue weighted by molar-refractivity contribution is 6.10. The van der Waals surface area contributed by atoms with Gasteiger partial charge in [-0.3, -0.25) is 0 Å². The zero-order valence-corrected chi connectivity index (χ0v) is 30.8. The van der Waals surface area contributed by atoms with Crippen molar-refractivity contribution in [3.63, 3.8) is 0 Å². The summed E-state index contributed by atoms with van der Waals surface area (Å²) < 4.78 is 2.44. The summed E-state index contributed by atoms with van der Waals surface area (Å²) in [6, 6.07) is 66.6. The summed E-state index contributed by atoms with van der Waals surface area (Å²) in [5, 5.41) is 6.22. The van der Waals surface area contributed by atoms with Crippen molar-refractivity contribution >= 4 is 33.2 Å². The van der Waals surface area contributed by atoms with Crippen LogP contribution < -0.4 is 5.32 Å². The first-order chi connectivity index (χ1) is 26.4. The third-order valence-corrected chi connectivity index (χ3v) is 11.4. The van der Waals surface area contributed by atoms with E-state index in [1.807, 2.05) is 0 Å². The Morgan fingerprint density at radius 1 is 0.426 bits per heavy atom. The highest BCUT2D eigenvalue weighted by Gasteiger charge is 2.35. The van der Waals surface area contributed by atoms with Crippen molar-refractivity contribution in [2.24, 2.45) is 0 Å². The van der Waals surface area contributed by atoms with Crippen LogP contribution >= 0.6 is 0 Å². The van der Waals surface area contributed by atoms with E-state index in [-0.39, 0.29) is 5.41 Å². The van der Waals surface area contributed by atoms with Gasteiger partial charge in [0.25, 0.3) is 0 Å². The van der Waals surface area contributed by atoms with Crippen LogP contribution in [-0.2, 0) is 5.41 Å². The molecular weight excluding hydrogens is 653 g/mol. The summed E-state index contributed by atoms with van der Waals surface area (Å²) in [5.74, 6) is 0. The molecule has 10 rings (SSSR count). The van der Waals surface area contributed by atoms with Crippen molar-refractivity contribution < 1.29 is 0 Å². The molecule has 0 radical (unpaired) electrons. The van der Waals surface area contributed by atoms with E-state index in [4.69, 9.17) is 0 Å². The Labute approximate surface area is 317 Å². The first kappa shape index (κ1) is 32.0. The SMILES string of the molecule is Cc1cccc(-c2ccc(Nc3ccccc3-c3cccc(-c4ccc5c(c4)c4ccccc4n5-c4ccc5c(c4)C(C)(C)c4ccccc4-5)c3)cc2)c1. The van der Waals surface area contributed by atoms with Crippen molar-refractivity contribution in [2.45, 2.75) is 26.2 Å². The van der Waals surface area contributed by atoms with Gasteiger partial charge in [-0.1, -0.05) is 147 Å². The number of anilines is 2. The van der Waals surface area contributed by atoms with Gasteiger partial charge in [0, 0.05) is 38.8 Å². The van der Waals surface area contributed by atoms with Crippen molar-refractivity contribution in [2.75, 3.05) is 5.32 Å². The molecule has 0 saturated heterocycles. The van der Waals surface area contributed by atoms with E-state index in [0.29, 0.717) is 0 Å². The number of hydrogen-bond donors (Lipinski definition) is 1. The van der Waals surface area contributed by atoms with E-state index in [0.717, 1.165) is 11.4 Å². The molecule has 9 aromatic rings. The molecule has 0 unspecified atom stereocenters. The number of hydrogen-bond acceptors (Lipinski definition) is 1. The van der Waals surface area contributed by atoms with Gasteiger partial charge in [0.2, 0.25) is 0 Å². The Balaban J connectivity index is 1.01. The number of rotatable bonds is 6. The molecule has 1 aliphatic rings. The number of benzene rings is 8.